The van der Waals surface area contributed by atoms with Crippen molar-refractivity contribution >= 4 is 34.4 Å². The lowest BCUT2D eigenvalue weighted by atomic mass is 9.92. The van der Waals surface area contributed by atoms with E-state index in [1.807, 2.05) is 12.1 Å². The average Bonchev–Trinajstić information content (AvgIpc) is 3.31. The molecule has 1 saturated heterocycles. The van der Waals surface area contributed by atoms with Gasteiger partial charge in [-0.15, -0.1) is 0 Å². The highest BCUT2D eigenvalue weighted by Crippen LogP contribution is 2.44. The fraction of sp³-hybridized carbons (Fsp3) is 0.389. The maximum atomic E-state index is 12.8. The Balaban J connectivity index is 1.60. The van der Waals surface area contributed by atoms with E-state index in [9.17, 15) is 14.7 Å². The molecule has 2 aliphatic rings. The Kier molecular flexibility index (Phi) is 3.68. The van der Waals surface area contributed by atoms with E-state index in [2.05, 4.69) is 4.98 Å². The second-order valence-corrected chi connectivity index (χ2v) is 7.13. The Morgan fingerprint density at radius 3 is 2.62 bits per heavy atom. The minimum atomic E-state index is -0.805. The quantitative estimate of drug-likeness (QED) is 0.929. The van der Waals surface area contributed by atoms with Crippen molar-refractivity contribution in [1.82, 2.24) is 9.88 Å². The molecule has 0 unspecified atom stereocenters. The second-order valence-electron chi connectivity index (χ2n) is 6.69. The number of likely N-dealkylation sites (tertiary alicyclic amines) is 1. The van der Waals surface area contributed by atoms with Gasteiger partial charge in [0.05, 0.1) is 11.4 Å². The minimum Gasteiger partial charge on any atom is -0.481 e. The third-order valence-electron chi connectivity index (χ3n) is 5.07. The highest BCUT2D eigenvalue weighted by molar-refractivity contribution is 6.31. The second kappa shape index (κ2) is 5.74. The molecule has 1 N–H and O–H groups in total. The number of carboxylic acid groups (broad SMARTS) is 1. The molecule has 1 saturated carbocycles. The topological polar surface area (TPSA) is 70.5 Å². The van der Waals surface area contributed by atoms with E-state index in [4.69, 9.17) is 11.6 Å². The third-order valence-corrected chi connectivity index (χ3v) is 5.31. The normalized spacial score (nSPS) is 23.6. The van der Waals surface area contributed by atoms with Crippen molar-refractivity contribution in [2.24, 2.45) is 17.8 Å². The van der Waals surface area contributed by atoms with E-state index < -0.39 is 11.9 Å². The first-order chi connectivity index (χ1) is 11.5. The lowest BCUT2D eigenvalue weighted by Crippen LogP contribution is -2.30. The van der Waals surface area contributed by atoms with Crippen LogP contribution in [0.15, 0.2) is 30.3 Å². The lowest BCUT2D eigenvalue weighted by Gasteiger charge is -2.16. The summed E-state index contributed by atoms with van der Waals surface area (Å²) in [6.07, 6.45) is 2.15. The number of fused-ring (bicyclic) bond motifs is 1. The van der Waals surface area contributed by atoms with Gasteiger partial charge < -0.3 is 10.0 Å². The van der Waals surface area contributed by atoms with E-state index in [0.717, 1.165) is 18.2 Å². The van der Waals surface area contributed by atoms with Gasteiger partial charge in [-0.2, -0.15) is 0 Å². The van der Waals surface area contributed by atoms with Crippen LogP contribution in [0.2, 0.25) is 5.02 Å². The summed E-state index contributed by atoms with van der Waals surface area (Å²) in [7, 11) is 0. The first-order valence-electron chi connectivity index (χ1n) is 8.11. The van der Waals surface area contributed by atoms with Crippen molar-refractivity contribution in [3.8, 4) is 0 Å². The number of aromatic nitrogens is 1. The summed E-state index contributed by atoms with van der Waals surface area (Å²) in [5, 5.41) is 10.9. The molecule has 0 spiro atoms. The lowest BCUT2D eigenvalue weighted by molar-refractivity contribution is -0.142. The molecular weight excluding hydrogens is 328 g/mol. The van der Waals surface area contributed by atoms with Crippen molar-refractivity contribution in [2.75, 3.05) is 13.1 Å². The van der Waals surface area contributed by atoms with Gasteiger partial charge in [-0.25, -0.2) is 4.98 Å². The fourth-order valence-electron chi connectivity index (χ4n) is 3.63. The third kappa shape index (κ3) is 2.73. The minimum absolute atomic E-state index is 0.0707. The molecule has 0 radical (unpaired) electrons. The predicted octanol–water partition coefficient (Wildman–Crippen LogP) is 3.07. The van der Waals surface area contributed by atoms with Crippen LogP contribution < -0.4 is 0 Å². The number of benzene rings is 1. The first kappa shape index (κ1) is 15.4. The molecule has 1 amide bonds. The van der Waals surface area contributed by atoms with Crippen LogP contribution in [0.1, 0.15) is 23.3 Å². The molecule has 6 heteroatoms. The van der Waals surface area contributed by atoms with Gasteiger partial charge in [0, 0.05) is 23.5 Å². The van der Waals surface area contributed by atoms with Crippen molar-refractivity contribution in [2.45, 2.75) is 12.8 Å². The van der Waals surface area contributed by atoms with Crippen LogP contribution in [0.5, 0.6) is 0 Å². The molecule has 5 nitrogen and oxygen atoms in total. The molecule has 2 atom stereocenters. The zero-order chi connectivity index (χ0) is 16.8. The van der Waals surface area contributed by atoms with Crippen LogP contribution >= 0.6 is 11.6 Å². The van der Waals surface area contributed by atoms with E-state index in [1.165, 1.54) is 0 Å². The van der Waals surface area contributed by atoms with Gasteiger partial charge >= 0.3 is 5.97 Å². The summed E-state index contributed by atoms with van der Waals surface area (Å²) in [5.74, 6) is -0.948. The van der Waals surface area contributed by atoms with Gasteiger partial charge in [0.2, 0.25) is 0 Å². The zero-order valence-electron chi connectivity index (χ0n) is 13.0. The van der Waals surface area contributed by atoms with Gasteiger partial charge in [0.25, 0.3) is 5.91 Å². The average molecular weight is 345 g/mol. The SMILES string of the molecule is O=C(O)[C@H]1CN(C(=O)c2ccc3ccc(Cl)cc3n2)C[C@@H]1C1CC1. The van der Waals surface area contributed by atoms with Gasteiger partial charge in [-0.1, -0.05) is 23.7 Å². The highest BCUT2D eigenvalue weighted by Gasteiger charge is 2.47. The molecule has 1 aliphatic carbocycles. The Hall–Kier alpha value is -2.14. The van der Waals surface area contributed by atoms with Crippen molar-refractivity contribution < 1.29 is 14.7 Å². The monoisotopic (exact) mass is 344 g/mol. The number of nitrogens with zero attached hydrogens (tertiary/aromatic N) is 2. The highest BCUT2D eigenvalue weighted by atomic mass is 35.5. The molecule has 24 heavy (non-hydrogen) atoms. The number of carbonyl (C=O) groups excluding carboxylic acids is 1. The number of hydrogen-bond acceptors (Lipinski definition) is 3. The van der Waals surface area contributed by atoms with Crippen LogP contribution in [0, 0.1) is 17.8 Å². The van der Waals surface area contributed by atoms with Crippen LogP contribution in [-0.2, 0) is 4.79 Å². The van der Waals surface area contributed by atoms with Gasteiger partial charge in [0.15, 0.2) is 0 Å². The predicted molar refractivity (Wildman–Crippen MR) is 90.0 cm³/mol. The Morgan fingerprint density at radius 1 is 1.17 bits per heavy atom. The van der Waals surface area contributed by atoms with Gasteiger partial charge in [0.1, 0.15) is 5.69 Å². The van der Waals surface area contributed by atoms with Crippen molar-refractivity contribution in [3.05, 3.63) is 41.0 Å². The summed E-state index contributed by atoms with van der Waals surface area (Å²) in [6, 6.07) is 8.90. The van der Waals surface area contributed by atoms with Crippen LogP contribution in [0.4, 0.5) is 0 Å². The standard InChI is InChI=1S/C18H17ClN2O3/c19-12-5-3-11-4-6-15(20-16(11)7-12)17(22)21-8-13(10-1-2-10)14(9-21)18(23)24/h3-7,10,13-14H,1-2,8-9H2,(H,23,24)/t13-,14+/m1/s1. The zero-order valence-corrected chi connectivity index (χ0v) is 13.7. The summed E-state index contributed by atoms with van der Waals surface area (Å²) in [5.41, 5.74) is 1.01. The Bertz CT molecular complexity index is 834. The van der Waals surface area contributed by atoms with E-state index >= 15 is 0 Å². The number of halogens is 1. The Labute approximate surface area is 144 Å². The van der Waals surface area contributed by atoms with Crippen LogP contribution in [-0.4, -0.2) is 40.0 Å². The summed E-state index contributed by atoms with van der Waals surface area (Å²) in [6.45, 7) is 0.778. The number of carbonyl (C=O) groups is 2. The molecule has 0 bridgehead atoms. The number of amides is 1. The van der Waals surface area contributed by atoms with E-state index in [-0.39, 0.29) is 18.4 Å². The largest absolute Gasteiger partial charge is 0.481 e. The summed E-state index contributed by atoms with van der Waals surface area (Å²) >= 11 is 5.99. The smallest absolute Gasteiger partial charge is 0.308 e. The molecule has 4 rings (SSSR count). The molecule has 124 valence electrons. The van der Waals surface area contributed by atoms with Gasteiger partial charge in [-0.3, -0.25) is 9.59 Å². The molecule has 2 heterocycles. The summed E-state index contributed by atoms with van der Waals surface area (Å²) in [4.78, 5) is 30.3. The number of pyridine rings is 1. The fourth-order valence-corrected chi connectivity index (χ4v) is 3.80. The number of rotatable bonds is 3. The maximum Gasteiger partial charge on any atom is 0.308 e. The number of aliphatic carboxylic acids is 1. The molecular formula is C18H17ClN2O3. The van der Waals surface area contributed by atoms with Crippen LogP contribution in [0.25, 0.3) is 10.9 Å². The molecule has 2 fully saturated rings. The maximum absolute atomic E-state index is 12.8. The molecule has 1 aliphatic heterocycles. The first-order valence-corrected chi connectivity index (χ1v) is 8.49. The molecule has 2 aromatic rings. The molecule has 1 aromatic heterocycles. The van der Waals surface area contributed by atoms with Gasteiger partial charge in [-0.05, 0) is 42.9 Å². The molecule has 1 aromatic carbocycles. The van der Waals surface area contributed by atoms with E-state index in [1.54, 1.807) is 23.1 Å². The Morgan fingerprint density at radius 2 is 1.92 bits per heavy atom. The number of hydrogen-bond donors (Lipinski definition) is 1. The number of carboxylic acids is 1. The van der Waals surface area contributed by atoms with Crippen LogP contribution in [0.3, 0.4) is 0 Å². The van der Waals surface area contributed by atoms with Crippen molar-refractivity contribution in [3.63, 3.8) is 0 Å². The summed E-state index contributed by atoms with van der Waals surface area (Å²) < 4.78 is 0. The van der Waals surface area contributed by atoms with Crippen molar-refractivity contribution in [1.29, 1.82) is 0 Å². The van der Waals surface area contributed by atoms with E-state index in [0.29, 0.717) is 28.7 Å².